The highest BCUT2D eigenvalue weighted by Gasteiger charge is 2.12. The average molecular weight is 490 g/mol. The van der Waals surface area contributed by atoms with Crippen molar-refractivity contribution in [2.75, 3.05) is 18.0 Å². The number of aromatic amines is 1. The first-order chi connectivity index (χ1) is 18.0. The third-order valence-corrected chi connectivity index (χ3v) is 6.17. The van der Waals surface area contributed by atoms with Crippen molar-refractivity contribution >= 4 is 22.3 Å². The first-order valence-corrected chi connectivity index (χ1v) is 12.8. The number of pyridine rings is 2. The highest BCUT2D eigenvalue weighted by atomic mass is 15.2. The first-order valence-electron chi connectivity index (χ1n) is 12.8. The van der Waals surface area contributed by atoms with Crippen LogP contribution in [0.15, 0.2) is 97.7 Å². The quantitative estimate of drug-likeness (QED) is 0.181. The number of anilines is 1. The molecule has 0 radical (unpaired) electrons. The van der Waals surface area contributed by atoms with E-state index in [1.807, 2.05) is 38.4 Å². The molecule has 0 aliphatic heterocycles. The standard InChI is InChI=1S/C32H35N5/c1-6-8-17-37(16-7-2)30-15-13-26(20-34-30)28-19-27-18-25(12-14-29(27)33-21-28)32-31(35-22-36-32)24(5)11-9-10-23(3)4/h6,8-15,18-22H,3,7,16-17H2,1-2,4-5H3,(H,35,36)/b8-6-,10-9-,24-11+. The Hall–Kier alpha value is -4.25. The minimum atomic E-state index is 0.866. The Morgan fingerprint density at radius 1 is 1.00 bits per heavy atom. The van der Waals surface area contributed by atoms with Gasteiger partial charge in [-0.05, 0) is 63.1 Å². The van der Waals surface area contributed by atoms with Crippen LogP contribution >= 0.6 is 0 Å². The van der Waals surface area contributed by atoms with Crippen molar-refractivity contribution in [3.8, 4) is 22.4 Å². The molecule has 37 heavy (non-hydrogen) atoms. The molecule has 1 N–H and O–H groups in total. The molecule has 0 unspecified atom stereocenters. The minimum absolute atomic E-state index is 0.866. The molecule has 5 nitrogen and oxygen atoms in total. The van der Waals surface area contributed by atoms with Crippen molar-refractivity contribution in [1.82, 2.24) is 19.9 Å². The van der Waals surface area contributed by atoms with Gasteiger partial charge in [0, 0.05) is 47.6 Å². The summed E-state index contributed by atoms with van der Waals surface area (Å²) in [4.78, 5) is 19.7. The van der Waals surface area contributed by atoms with Gasteiger partial charge in [-0.25, -0.2) is 9.97 Å². The fraction of sp³-hybridized carbons (Fsp3) is 0.219. The largest absolute Gasteiger partial charge is 0.353 e. The highest BCUT2D eigenvalue weighted by Crippen LogP contribution is 2.30. The maximum atomic E-state index is 4.77. The summed E-state index contributed by atoms with van der Waals surface area (Å²) < 4.78 is 0. The van der Waals surface area contributed by atoms with Crippen LogP contribution in [-0.2, 0) is 0 Å². The molecule has 0 saturated carbocycles. The van der Waals surface area contributed by atoms with Gasteiger partial charge < -0.3 is 9.88 Å². The Kier molecular flexibility index (Phi) is 8.47. The Bertz CT molecular complexity index is 1450. The highest BCUT2D eigenvalue weighted by molar-refractivity contribution is 5.89. The SMILES string of the molecule is C=C(C)/C=C\C=C(/C)c1nc[nH]c1-c1ccc2ncc(-c3ccc(N(C/C=C\C)CCC)nc3)cc2c1. The van der Waals surface area contributed by atoms with Gasteiger partial charge in [0.2, 0.25) is 0 Å². The summed E-state index contributed by atoms with van der Waals surface area (Å²) in [5.74, 6) is 0.994. The van der Waals surface area contributed by atoms with Crippen LogP contribution in [-0.4, -0.2) is 33.0 Å². The lowest BCUT2D eigenvalue weighted by atomic mass is 10.0. The number of nitrogens with one attached hydrogen (secondary N) is 1. The number of allylic oxidation sites excluding steroid dienone is 6. The summed E-state index contributed by atoms with van der Waals surface area (Å²) in [6.45, 7) is 14.0. The molecular weight excluding hydrogens is 454 g/mol. The number of benzene rings is 1. The van der Waals surface area contributed by atoms with Crippen molar-refractivity contribution in [2.24, 2.45) is 0 Å². The summed E-state index contributed by atoms with van der Waals surface area (Å²) in [5, 5.41) is 1.07. The fourth-order valence-corrected chi connectivity index (χ4v) is 4.24. The van der Waals surface area contributed by atoms with Gasteiger partial charge in [-0.2, -0.15) is 0 Å². The molecule has 4 aromatic rings. The van der Waals surface area contributed by atoms with Crippen LogP contribution in [0.1, 0.15) is 39.8 Å². The van der Waals surface area contributed by atoms with Gasteiger partial charge in [0.05, 0.1) is 23.2 Å². The molecule has 0 atom stereocenters. The van der Waals surface area contributed by atoms with Gasteiger partial charge in [-0.15, -0.1) is 0 Å². The number of rotatable bonds is 10. The van der Waals surface area contributed by atoms with E-state index >= 15 is 0 Å². The number of nitrogens with zero attached hydrogens (tertiary/aromatic N) is 4. The fourth-order valence-electron chi connectivity index (χ4n) is 4.24. The Morgan fingerprint density at radius 3 is 2.51 bits per heavy atom. The molecule has 3 heterocycles. The van der Waals surface area contributed by atoms with Crippen molar-refractivity contribution in [1.29, 1.82) is 0 Å². The second-order valence-corrected chi connectivity index (χ2v) is 9.23. The summed E-state index contributed by atoms with van der Waals surface area (Å²) in [5.41, 5.74) is 8.15. The lowest BCUT2D eigenvalue weighted by molar-refractivity contribution is 0.802. The monoisotopic (exact) mass is 489 g/mol. The molecule has 5 heteroatoms. The topological polar surface area (TPSA) is 57.7 Å². The van der Waals surface area contributed by atoms with Gasteiger partial charge in [-0.3, -0.25) is 4.98 Å². The van der Waals surface area contributed by atoms with Gasteiger partial charge in [0.25, 0.3) is 0 Å². The summed E-state index contributed by atoms with van der Waals surface area (Å²) in [7, 11) is 0. The molecule has 0 amide bonds. The van der Waals surface area contributed by atoms with E-state index in [1.54, 1.807) is 6.33 Å². The second kappa shape index (κ2) is 12.1. The maximum Gasteiger partial charge on any atom is 0.128 e. The van der Waals surface area contributed by atoms with Crippen LogP contribution in [0, 0.1) is 0 Å². The van der Waals surface area contributed by atoms with Crippen LogP contribution in [0.3, 0.4) is 0 Å². The second-order valence-electron chi connectivity index (χ2n) is 9.23. The number of aromatic nitrogens is 4. The molecule has 0 fully saturated rings. The van der Waals surface area contributed by atoms with Crippen LogP contribution in [0.5, 0.6) is 0 Å². The van der Waals surface area contributed by atoms with E-state index in [-0.39, 0.29) is 0 Å². The predicted molar refractivity (Wildman–Crippen MR) is 157 cm³/mol. The van der Waals surface area contributed by atoms with E-state index in [9.17, 15) is 0 Å². The zero-order valence-corrected chi connectivity index (χ0v) is 22.2. The molecule has 0 aliphatic rings. The van der Waals surface area contributed by atoms with Crippen LogP contribution in [0.25, 0.3) is 38.9 Å². The maximum absolute atomic E-state index is 4.77. The normalized spacial score (nSPS) is 12.2. The van der Waals surface area contributed by atoms with Crippen molar-refractivity contribution < 1.29 is 0 Å². The lowest BCUT2D eigenvalue weighted by Gasteiger charge is -2.21. The van der Waals surface area contributed by atoms with E-state index in [2.05, 4.69) is 89.9 Å². The zero-order valence-electron chi connectivity index (χ0n) is 22.2. The molecule has 4 rings (SSSR count). The number of hydrogen-bond acceptors (Lipinski definition) is 4. The number of hydrogen-bond donors (Lipinski definition) is 1. The van der Waals surface area contributed by atoms with Crippen LogP contribution < -0.4 is 4.90 Å². The van der Waals surface area contributed by atoms with Crippen LogP contribution in [0.2, 0.25) is 0 Å². The number of imidazole rings is 1. The number of fused-ring (bicyclic) bond motifs is 1. The summed E-state index contributed by atoms with van der Waals surface area (Å²) >= 11 is 0. The smallest absolute Gasteiger partial charge is 0.128 e. The van der Waals surface area contributed by atoms with E-state index in [0.717, 1.165) is 75.5 Å². The summed E-state index contributed by atoms with van der Waals surface area (Å²) in [6, 6.07) is 12.7. The zero-order chi connectivity index (χ0) is 26.2. The van der Waals surface area contributed by atoms with E-state index < -0.39 is 0 Å². The minimum Gasteiger partial charge on any atom is -0.353 e. The summed E-state index contributed by atoms with van der Waals surface area (Å²) in [6.07, 6.45) is 17.0. The third kappa shape index (κ3) is 6.31. The molecule has 188 valence electrons. The Balaban J connectivity index is 1.63. The van der Waals surface area contributed by atoms with Gasteiger partial charge in [0.15, 0.2) is 0 Å². The predicted octanol–water partition coefficient (Wildman–Crippen LogP) is 8.02. The molecule has 0 aliphatic carbocycles. The van der Waals surface area contributed by atoms with E-state index in [1.165, 1.54) is 0 Å². The van der Waals surface area contributed by atoms with Gasteiger partial charge >= 0.3 is 0 Å². The Morgan fingerprint density at radius 2 is 1.78 bits per heavy atom. The molecule has 0 spiro atoms. The van der Waals surface area contributed by atoms with E-state index in [0.29, 0.717) is 0 Å². The Labute approximate surface area is 220 Å². The molecule has 3 aromatic heterocycles. The number of H-pyrrole nitrogens is 1. The average Bonchev–Trinajstić information content (AvgIpc) is 3.40. The van der Waals surface area contributed by atoms with Crippen molar-refractivity contribution in [2.45, 2.75) is 34.1 Å². The third-order valence-electron chi connectivity index (χ3n) is 6.17. The van der Waals surface area contributed by atoms with Crippen LogP contribution in [0.4, 0.5) is 5.82 Å². The van der Waals surface area contributed by atoms with Crippen molar-refractivity contribution in [3.05, 3.63) is 103 Å². The first kappa shape index (κ1) is 25.8. The van der Waals surface area contributed by atoms with E-state index in [4.69, 9.17) is 9.97 Å². The molecule has 1 aromatic carbocycles. The molecular formula is C32H35N5. The molecule has 0 bridgehead atoms. The van der Waals surface area contributed by atoms with Crippen molar-refractivity contribution in [3.63, 3.8) is 0 Å². The van der Waals surface area contributed by atoms with Gasteiger partial charge in [-0.1, -0.05) is 55.5 Å². The van der Waals surface area contributed by atoms with Gasteiger partial charge in [0.1, 0.15) is 5.82 Å². The lowest BCUT2D eigenvalue weighted by Crippen LogP contribution is -2.24. The molecule has 0 saturated heterocycles.